The fraction of sp³-hybridized carbons (Fsp3) is 0.286. The monoisotopic (exact) mass is 343 g/mol. The van der Waals surface area contributed by atoms with Crippen molar-refractivity contribution in [1.29, 1.82) is 0 Å². The van der Waals surface area contributed by atoms with Crippen molar-refractivity contribution in [1.82, 2.24) is 5.32 Å². The molecule has 0 saturated carbocycles. The molecule has 1 nitrogen and oxygen atoms in total. The van der Waals surface area contributed by atoms with Crippen LogP contribution in [0, 0.1) is 6.92 Å². The zero-order chi connectivity index (χ0) is 13.1. The van der Waals surface area contributed by atoms with Crippen molar-refractivity contribution >= 4 is 38.9 Å². The van der Waals surface area contributed by atoms with E-state index in [9.17, 15) is 0 Å². The van der Waals surface area contributed by atoms with Crippen LogP contribution in [0.2, 0.25) is 5.02 Å². The number of thiophene rings is 1. The Labute approximate surface area is 125 Å². The van der Waals surface area contributed by atoms with Gasteiger partial charge in [0.2, 0.25) is 0 Å². The molecular formula is C14H15BrClNS. The lowest BCUT2D eigenvalue weighted by atomic mass is 10.0. The average Bonchev–Trinajstić information content (AvgIpc) is 2.71. The molecule has 1 unspecified atom stereocenters. The van der Waals surface area contributed by atoms with Crippen LogP contribution < -0.4 is 5.32 Å². The molecule has 2 rings (SSSR count). The van der Waals surface area contributed by atoms with E-state index in [4.69, 9.17) is 11.6 Å². The van der Waals surface area contributed by atoms with E-state index < -0.39 is 0 Å². The molecule has 4 heteroatoms. The van der Waals surface area contributed by atoms with E-state index in [1.54, 1.807) is 11.3 Å². The van der Waals surface area contributed by atoms with Gasteiger partial charge >= 0.3 is 0 Å². The molecule has 1 N–H and O–H groups in total. The molecule has 1 aromatic carbocycles. The highest BCUT2D eigenvalue weighted by Gasteiger charge is 2.15. The van der Waals surface area contributed by atoms with Gasteiger partial charge in [0, 0.05) is 14.4 Å². The second-order valence-corrected chi connectivity index (χ2v) is 6.65. The van der Waals surface area contributed by atoms with Crippen LogP contribution in [0.3, 0.4) is 0 Å². The standard InChI is InChI=1S/C14H15BrClNS/c1-3-17-14(11-4-9(2)18-8-11)10-5-12(15)7-13(16)6-10/h4-8,14,17H,3H2,1-2H3. The maximum atomic E-state index is 6.13. The van der Waals surface area contributed by atoms with Crippen LogP contribution in [0.5, 0.6) is 0 Å². The van der Waals surface area contributed by atoms with Gasteiger partial charge in [-0.1, -0.05) is 34.5 Å². The predicted octanol–water partition coefficient (Wildman–Crippen LogP) is 5.17. The first-order chi connectivity index (χ1) is 8.60. The lowest BCUT2D eigenvalue weighted by Crippen LogP contribution is -2.21. The highest BCUT2D eigenvalue weighted by Crippen LogP contribution is 2.30. The van der Waals surface area contributed by atoms with Gasteiger partial charge in [-0.2, -0.15) is 0 Å². The maximum absolute atomic E-state index is 6.13. The van der Waals surface area contributed by atoms with Crippen molar-refractivity contribution in [2.24, 2.45) is 0 Å². The first-order valence-electron chi connectivity index (χ1n) is 5.84. The minimum atomic E-state index is 0.204. The van der Waals surface area contributed by atoms with Gasteiger partial charge in [0.25, 0.3) is 0 Å². The molecule has 0 aliphatic heterocycles. The van der Waals surface area contributed by atoms with Gasteiger partial charge in [-0.15, -0.1) is 11.3 Å². The largest absolute Gasteiger partial charge is 0.307 e. The minimum Gasteiger partial charge on any atom is -0.307 e. The van der Waals surface area contributed by atoms with Gasteiger partial charge in [-0.05, 0) is 54.2 Å². The van der Waals surface area contributed by atoms with Gasteiger partial charge in [-0.25, -0.2) is 0 Å². The lowest BCUT2D eigenvalue weighted by molar-refractivity contribution is 0.632. The summed E-state index contributed by atoms with van der Waals surface area (Å²) in [6.07, 6.45) is 0. The van der Waals surface area contributed by atoms with E-state index in [2.05, 4.69) is 52.6 Å². The first-order valence-corrected chi connectivity index (χ1v) is 7.89. The summed E-state index contributed by atoms with van der Waals surface area (Å²) in [6.45, 7) is 5.17. The van der Waals surface area contributed by atoms with E-state index in [0.717, 1.165) is 16.0 Å². The van der Waals surface area contributed by atoms with Crippen LogP contribution in [0.15, 0.2) is 34.1 Å². The SMILES string of the molecule is CCNC(c1cc(Cl)cc(Br)c1)c1csc(C)c1. The zero-order valence-electron chi connectivity index (χ0n) is 10.3. The molecule has 0 spiro atoms. The quantitative estimate of drug-likeness (QED) is 0.806. The Morgan fingerprint density at radius 3 is 2.61 bits per heavy atom. The summed E-state index contributed by atoms with van der Waals surface area (Å²) in [5.41, 5.74) is 2.49. The molecule has 96 valence electrons. The summed E-state index contributed by atoms with van der Waals surface area (Å²) in [5.74, 6) is 0. The number of benzene rings is 1. The van der Waals surface area contributed by atoms with Crippen LogP contribution >= 0.6 is 38.9 Å². The third-order valence-corrected chi connectivity index (χ3v) is 4.27. The molecule has 0 amide bonds. The van der Waals surface area contributed by atoms with Gasteiger partial charge in [0.1, 0.15) is 0 Å². The van der Waals surface area contributed by atoms with Crippen LogP contribution in [-0.2, 0) is 0 Å². The van der Waals surface area contributed by atoms with Crippen LogP contribution in [0.4, 0.5) is 0 Å². The van der Waals surface area contributed by atoms with Gasteiger partial charge < -0.3 is 5.32 Å². The summed E-state index contributed by atoms with van der Waals surface area (Å²) >= 11 is 11.4. The Morgan fingerprint density at radius 2 is 2.06 bits per heavy atom. The fourth-order valence-electron chi connectivity index (χ4n) is 1.99. The zero-order valence-corrected chi connectivity index (χ0v) is 13.5. The minimum absolute atomic E-state index is 0.204. The Kier molecular flexibility index (Phi) is 4.84. The number of hydrogen-bond donors (Lipinski definition) is 1. The third kappa shape index (κ3) is 3.35. The molecule has 1 heterocycles. The maximum Gasteiger partial charge on any atom is 0.0585 e. The fourth-order valence-corrected chi connectivity index (χ4v) is 3.61. The first kappa shape index (κ1) is 14.1. The Bertz CT molecular complexity index is 518. The van der Waals surface area contributed by atoms with Crippen LogP contribution in [0.1, 0.15) is 29.0 Å². The molecule has 1 atom stereocenters. The Morgan fingerprint density at radius 1 is 1.28 bits per heavy atom. The number of rotatable bonds is 4. The molecule has 0 aliphatic rings. The van der Waals surface area contributed by atoms with Crippen molar-refractivity contribution in [2.45, 2.75) is 19.9 Å². The van der Waals surface area contributed by atoms with E-state index in [0.29, 0.717) is 0 Å². The molecular weight excluding hydrogens is 330 g/mol. The molecule has 0 fully saturated rings. The van der Waals surface area contributed by atoms with E-state index in [1.807, 2.05) is 12.1 Å². The summed E-state index contributed by atoms with van der Waals surface area (Å²) in [7, 11) is 0. The molecule has 1 aromatic heterocycles. The molecule has 0 radical (unpaired) electrons. The second-order valence-electron chi connectivity index (χ2n) is 4.18. The molecule has 2 aromatic rings. The van der Waals surface area contributed by atoms with E-state index >= 15 is 0 Å². The second kappa shape index (κ2) is 6.20. The Balaban J connectivity index is 2.40. The van der Waals surface area contributed by atoms with Gasteiger partial charge in [-0.3, -0.25) is 0 Å². The lowest BCUT2D eigenvalue weighted by Gasteiger charge is -2.18. The number of hydrogen-bond acceptors (Lipinski definition) is 2. The highest BCUT2D eigenvalue weighted by molar-refractivity contribution is 9.10. The average molecular weight is 345 g/mol. The Hall–Kier alpha value is -0.350. The van der Waals surface area contributed by atoms with Gasteiger partial charge in [0.15, 0.2) is 0 Å². The molecule has 0 aliphatic carbocycles. The van der Waals surface area contributed by atoms with Crippen LogP contribution in [0.25, 0.3) is 0 Å². The smallest absolute Gasteiger partial charge is 0.0585 e. The summed E-state index contributed by atoms with van der Waals surface area (Å²) < 4.78 is 1.01. The molecule has 0 bridgehead atoms. The van der Waals surface area contributed by atoms with Crippen molar-refractivity contribution in [3.05, 3.63) is 55.1 Å². The number of nitrogens with one attached hydrogen (secondary N) is 1. The molecule has 0 saturated heterocycles. The van der Waals surface area contributed by atoms with Gasteiger partial charge in [0.05, 0.1) is 6.04 Å². The summed E-state index contributed by atoms with van der Waals surface area (Å²) in [4.78, 5) is 1.33. The highest BCUT2D eigenvalue weighted by atomic mass is 79.9. The molecule has 18 heavy (non-hydrogen) atoms. The summed E-state index contributed by atoms with van der Waals surface area (Å²) in [6, 6.07) is 8.48. The number of halogens is 2. The van der Waals surface area contributed by atoms with E-state index in [-0.39, 0.29) is 6.04 Å². The van der Waals surface area contributed by atoms with Crippen molar-refractivity contribution in [3.63, 3.8) is 0 Å². The number of aryl methyl sites for hydroxylation is 1. The van der Waals surface area contributed by atoms with Crippen molar-refractivity contribution in [2.75, 3.05) is 6.54 Å². The predicted molar refractivity (Wildman–Crippen MR) is 83.7 cm³/mol. The normalized spacial score (nSPS) is 12.7. The van der Waals surface area contributed by atoms with Crippen molar-refractivity contribution < 1.29 is 0 Å². The topological polar surface area (TPSA) is 12.0 Å². The third-order valence-electron chi connectivity index (χ3n) is 2.71. The van der Waals surface area contributed by atoms with Crippen molar-refractivity contribution in [3.8, 4) is 0 Å². The van der Waals surface area contributed by atoms with Crippen LogP contribution in [-0.4, -0.2) is 6.54 Å². The van der Waals surface area contributed by atoms with E-state index in [1.165, 1.54) is 16.0 Å². The summed E-state index contributed by atoms with van der Waals surface area (Å²) in [5, 5.41) is 6.47.